The molecule has 5 N–H and O–H groups in total. The summed E-state index contributed by atoms with van der Waals surface area (Å²) in [4.78, 5) is 24.6. The van der Waals surface area contributed by atoms with Crippen LogP contribution in [0, 0.1) is 0 Å². The molecule has 0 aliphatic rings. The quantitative estimate of drug-likeness (QED) is 0.289. The van der Waals surface area contributed by atoms with Gasteiger partial charge in [0.05, 0.1) is 0 Å². The molecule has 0 amide bonds. The molecule has 8 nitrogen and oxygen atoms in total. The van der Waals surface area contributed by atoms with Crippen molar-refractivity contribution in [2.45, 2.75) is 22.3 Å². The maximum Gasteiger partial charge on any atom is 0.373 e. The Morgan fingerprint density at radius 2 is 1.05 bits per heavy atom. The zero-order valence-corrected chi connectivity index (χ0v) is 12.7. The van der Waals surface area contributed by atoms with Crippen LogP contribution in [0.1, 0.15) is 22.3 Å². The second-order valence-electron chi connectivity index (χ2n) is 0.669. The molecule has 0 spiro atoms. The topological polar surface area (TPSA) is 153 Å². The van der Waals surface area contributed by atoms with Crippen molar-refractivity contribution in [2.75, 3.05) is 0 Å². The van der Waals surface area contributed by atoms with Crippen LogP contribution in [0.4, 0.5) is 0 Å². The van der Waals surface area contributed by atoms with E-state index in [0.29, 0.717) is 0 Å². The minimum atomic E-state index is -0.250. The summed E-state index contributed by atoms with van der Waals surface area (Å²) in [5.41, 5.74) is 1.09. The monoisotopic (exact) mass is 444 g/mol. The molecule has 0 saturated heterocycles. The number of rotatable bonds is 0. The first kappa shape index (κ1) is 83.3. The van der Waals surface area contributed by atoms with Crippen molar-refractivity contribution in [1.29, 1.82) is 0 Å². The third-order valence-corrected chi connectivity index (χ3v) is 0.742. The first-order valence-electron chi connectivity index (χ1n) is 2.15. The maximum absolute atomic E-state index is 8.36. The zero-order valence-electron chi connectivity index (χ0n) is 7.99. The standard InChI is InChI=1S/C2HCl3.CH2O2.CO2.3CH4.3ClH.H2O3.H2O/c3-1-2(4)5;2*2-1-3;;;;;;;1-3-2;/h1H;1H,(H,2,3);;3*1H4;3*1H;1-2H;1H2. The lowest BCUT2D eigenvalue weighted by molar-refractivity contribution is -0.465. The first-order valence-corrected chi connectivity index (χ1v) is 3.34. The molecule has 0 heterocycles. The van der Waals surface area contributed by atoms with E-state index in [2.05, 4.69) is 5.04 Å². The number of hydrogen-bond acceptors (Lipinski definition) is 6. The predicted molar refractivity (Wildman–Crippen MR) is 91.2 cm³/mol. The molecule has 0 fully saturated rings. The van der Waals surface area contributed by atoms with Gasteiger partial charge in [0.15, 0.2) is 0 Å². The van der Waals surface area contributed by atoms with Crippen molar-refractivity contribution >= 4 is 84.6 Å². The molecule has 14 heteroatoms. The minimum Gasteiger partial charge on any atom is -0.483 e. The number of carbonyl (C=O) groups excluding carboxylic acids is 2. The molecule has 21 heavy (non-hydrogen) atoms. The first-order chi connectivity index (χ1) is 6.51. The summed E-state index contributed by atoms with van der Waals surface area (Å²) in [6.07, 6.45) is 0.250. The van der Waals surface area contributed by atoms with Crippen LogP contribution in [0.5, 0.6) is 0 Å². The Morgan fingerprint density at radius 1 is 1.00 bits per heavy atom. The Labute approximate surface area is 157 Å². The van der Waals surface area contributed by atoms with Crippen molar-refractivity contribution in [2.24, 2.45) is 0 Å². The summed E-state index contributed by atoms with van der Waals surface area (Å²) >= 11 is 14.8. The average molecular weight is 447 g/mol. The molecule has 140 valence electrons. The van der Waals surface area contributed by atoms with Gasteiger partial charge >= 0.3 is 6.15 Å². The van der Waals surface area contributed by atoms with Crippen LogP contribution in [-0.4, -0.2) is 33.7 Å². The van der Waals surface area contributed by atoms with Gasteiger partial charge in [-0.1, -0.05) is 62.1 Å². The molecule has 0 aromatic rings. The minimum absolute atomic E-state index is 0. The van der Waals surface area contributed by atoms with E-state index in [0.717, 1.165) is 5.54 Å². The highest BCUT2D eigenvalue weighted by molar-refractivity contribution is 6.58. The van der Waals surface area contributed by atoms with Crippen LogP contribution in [-0.2, 0) is 19.4 Å². The van der Waals surface area contributed by atoms with E-state index in [1.54, 1.807) is 0 Å². The highest BCUT2D eigenvalue weighted by Gasteiger charge is 1.70. The highest BCUT2D eigenvalue weighted by atomic mass is 35.5. The Hall–Kier alpha value is 0.170. The fourth-order valence-electron chi connectivity index (χ4n) is 0. The van der Waals surface area contributed by atoms with Gasteiger partial charge in [-0.2, -0.15) is 9.59 Å². The summed E-state index contributed by atoms with van der Waals surface area (Å²) < 4.78 is 0.0895. The lowest BCUT2D eigenvalue weighted by Gasteiger charge is -1.64. The second kappa shape index (κ2) is 144. The van der Waals surface area contributed by atoms with Gasteiger partial charge in [0.2, 0.25) is 0 Å². The van der Waals surface area contributed by atoms with Crippen LogP contribution < -0.4 is 0 Å². The van der Waals surface area contributed by atoms with Crippen molar-refractivity contribution in [3.05, 3.63) is 10.0 Å². The van der Waals surface area contributed by atoms with Crippen LogP contribution in [0.15, 0.2) is 10.0 Å². The van der Waals surface area contributed by atoms with E-state index < -0.39 is 0 Å². The van der Waals surface area contributed by atoms with Crippen molar-refractivity contribution in [3.8, 4) is 0 Å². The SMILES string of the molecule is C.C.C.Cl.Cl.Cl.ClC=C(Cl)Cl.O.O=C=O.O=CO.OOO. The number of carboxylic acid groups (broad SMARTS) is 1. The average Bonchev–Trinajstić information content (AvgIpc) is 2.08. The summed E-state index contributed by atoms with van der Waals surface area (Å²) in [5, 5.41) is 22.4. The summed E-state index contributed by atoms with van der Waals surface area (Å²) in [6, 6.07) is 0. The van der Waals surface area contributed by atoms with Crippen LogP contribution in [0.2, 0.25) is 0 Å². The lowest BCUT2D eigenvalue weighted by atomic mass is 11.2. The van der Waals surface area contributed by atoms with Gasteiger partial charge in [-0.15, -0.1) is 37.2 Å². The van der Waals surface area contributed by atoms with E-state index in [9.17, 15) is 0 Å². The molecule has 0 bridgehead atoms. The van der Waals surface area contributed by atoms with Gasteiger partial charge in [0.1, 0.15) is 4.49 Å². The van der Waals surface area contributed by atoms with Gasteiger partial charge in [-0.25, -0.2) is 10.5 Å². The predicted octanol–water partition coefficient (Wildman–Crippen LogP) is 3.92. The number of halogens is 6. The van der Waals surface area contributed by atoms with Crippen molar-refractivity contribution in [3.63, 3.8) is 0 Å². The van der Waals surface area contributed by atoms with Crippen LogP contribution in [0.3, 0.4) is 0 Å². The normalized spacial score (nSPS) is 3.48. The number of carbonyl (C=O) groups is 1. The zero-order chi connectivity index (χ0) is 12.4. The van der Waals surface area contributed by atoms with Crippen LogP contribution >= 0.6 is 72.0 Å². The van der Waals surface area contributed by atoms with Gasteiger partial charge < -0.3 is 10.6 Å². The lowest BCUT2D eigenvalue weighted by Crippen LogP contribution is -1.60. The van der Waals surface area contributed by atoms with Crippen molar-refractivity contribution < 1.29 is 40.5 Å². The van der Waals surface area contributed by atoms with E-state index in [4.69, 9.17) is 64.8 Å². The Balaban J connectivity index is -0.00000000648. The molecule has 0 radical (unpaired) electrons. The summed E-state index contributed by atoms with van der Waals surface area (Å²) in [7, 11) is 0. The van der Waals surface area contributed by atoms with Gasteiger partial charge in [0, 0.05) is 5.54 Å². The summed E-state index contributed by atoms with van der Waals surface area (Å²) in [5.74, 6) is 0. The molecule has 0 atom stereocenters. The second-order valence-corrected chi connectivity index (χ2v) is 1.90. The Morgan fingerprint density at radius 3 is 1.05 bits per heavy atom. The fourth-order valence-corrected chi connectivity index (χ4v) is 0. The Kier molecular flexibility index (Phi) is 572. The third-order valence-electron chi connectivity index (χ3n) is 0.0825. The van der Waals surface area contributed by atoms with Gasteiger partial charge in [0.25, 0.3) is 6.47 Å². The molecular formula is C7H22Cl6O8. The van der Waals surface area contributed by atoms with E-state index in [1.165, 1.54) is 0 Å². The number of hydrogen-bond donors (Lipinski definition) is 3. The van der Waals surface area contributed by atoms with E-state index in [1.807, 2.05) is 0 Å². The fraction of sp³-hybridized carbons (Fsp3) is 0.429. The molecule has 0 aromatic carbocycles. The molecule has 0 saturated carbocycles. The molecule has 0 rings (SSSR count). The van der Waals surface area contributed by atoms with Gasteiger partial charge in [-0.05, 0) is 0 Å². The molecule has 0 unspecified atom stereocenters. The Bertz CT molecular complexity index is 161. The highest BCUT2D eigenvalue weighted by Crippen LogP contribution is 2.05. The van der Waals surface area contributed by atoms with E-state index in [-0.39, 0.29) is 82.1 Å². The smallest absolute Gasteiger partial charge is 0.373 e. The van der Waals surface area contributed by atoms with E-state index >= 15 is 0 Å². The molecule has 0 aliphatic carbocycles. The van der Waals surface area contributed by atoms with Gasteiger partial charge in [-0.3, -0.25) is 4.79 Å². The molecular weight excluding hydrogens is 425 g/mol. The largest absolute Gasteiger partial charge is 0.483 e. The molecule has 0 aromatic heterocycles. The maximum atomic E-state index is 8.36. The van der Waals surface area contributed by atoms with Crippen molar-refractivity contribution in [1.82, 2.24) is 0 Å². The van der Waals surface area contributed by atoms with Crippen LogP contribution in [0.25, 0.3) is 0 Å². The third kappa shape index (κ3) is 1410. The molecule has 0 aliphatic heterocycles. The summed E-state index contributed by atoms with van der Waals surface area (Å²) in [6.45, 7) is -0.250.